The maximum atomic E-state index is 4.95. The molecule has 0 saturated heterocycles. The molecule has 4 nitrogen and oxygen atoms in total. The normalized spacial score (nSPS) is 18.3. The lowest BCUT2D eigenvalue weighted by molar-refractivity contribution is 0.320. The Labute approximate surface area is 210 Å². The van der Waals surface area contributed by atoms with Crippen LogP contribution in [0.2, 0.25) is 0 Å². The van der Waals surface area contributed by atoms with Gasteiger partial charge in [-0.1, -0.05) is 43.7 Å². The summed E-state index contributed by atoms with van der Waals surface area (Å²) < 4.78 is 1.01. The molecular formula is C29H33BrN4. The van der Waals surface area contributed by atoms with E-state index < -0.39 is 0 Å². The van der Waals surface area contributed by atoms with Gasteiger partial charge in [0.05, 0.1) is 16.6 Å². The average Bonchev–Trinajstić information content (AvgIpc) is 3.55. The van der Waals surface area contributed by atoms with Gasteiger partial charge in [0.1, 0.15) is 0 Å². The van der Waals surface area contributed by atoms with Gasteiger partial charge in [-0.2, -0.15) is 0 Å². The number of aromatic nitrogens is 3. The summed E-state index contributed by atoms with van der Waals surface area (Å²) in [5.41, 5.74) is 10.1. The second kappa shape index (κ2) is 9.10. The van der Waals surface area contributed by atoms with Gasteiger partial charge in [-0.3, -0.25) is 4.99 Å². The molecule has 4 heterocycles. The molecule has 3 aromatic heterocycles. The predicted octanol–water partition coefficient (Wildman–Crippen LogP) is 7.31. The number of hydrogen-bond acceptors (Lipinski definition) is 1. The minimum Gasteiger partial charge on any atom is -0.361 e. The molecule has 4 aromatic rings. The summed E-state index contributed by atoms with van der Waals surface area (Å²) >= 11 is 3.51. The van der Waals surface area contributed by atoms with Crippen molar-refractivity contribution in [3.63, 3.8) is 0 Å². The second-order valence-electron chi connectivity index (χ2n) is 10.5. The third-order valence-corrected chi connectivity index (χ3v) is 7.53. The van der Waals surface area contributed by atoms with Crippen molar-refractivity contribution in [2.75, 3.05) is 0 Å². The fourth-order valence-corrected chi connectivity index (χ4v) is 5.66. The fourth-order valence-electron chi connectivity index (χ4n) is 5.28. The topological polar surface area (TPSA) is 59.7 Å². The third kappa shape index (κ3) is 4.85. The van der Waals surface area contributed by atoms with E-state index in [1.165, 1.54) is 45.3 Å². The Balaban J connectivity index is 1.44. The van der Waals surface area contributed by atoms with Crippen molar-refractivity contribution in [3.05, 3.63) is 105 Å². The lowest BCUT2D eigenvalue weighted by Crippen LogP contribution is -2.25. The lowest BCUT2D eigenvalue weighted by Gasteiger charge is -2.25. The van der Waals surface area contributed by atoms with Crippen molar-refractivity contribution in [1.82, 2.24) is 15.0 Å². The summed E-state index contributed by atoms with van der Waals surface area (Å²) in [6.07, 6.45) is 2.87. The molecule has 2 unspecified atom stereocenters. The van der Waals surface area contributed by atoms with Crippen molar-refractivity contribution in [3.8, 4) is 0 Å². The molecule has 0 aliphatic carbocycles. The van der Waals surface area contributed by atoms with Crippen molar-refractivity contribution >= 4 is 21.6 Å². The van der Waals surface area contributed by atoms with Gasteiger partial charge < -0.3 is 15.0 Å². The number of halogens is 1. The number of nitrogens with zero attached hydrogens (tertiary/aromatic N) is 1. The highest BCUT2D eigenvalue weighted by Gasteiger charge is 2.35. The number of hydrogen-bond donors (Lipinski definition) is 3. The molecule has 5 rings (SSSR count). The molecule has 34 heavy (non-hydrogen) atoms. The maximum Gasteiger partial charge on any atom is 0.0822 e. The predicted molar refractivity (Wildman–Crippen MR) is 144 cm³/mol. The van der Waals surface area contributed by atoms with Gasteiger partial charge >= 0.3 is 0 Å². The van der Waals surface area contributed by atoms with Crippen molar-refractivity contribution in [2.45, 2.75) is 58.9 Å². The largest absolute Gasteiger partial charge is 0.361 e. The molecule has 1 aromatic carbocycles. The van der Waals surface area contributed by atoms with Crippen LogP contribution >= 0.6 is 15.9 Å². The molecule has 5 heteroatoms. The zero-order chi connectivity index (χ0) is 23.9. The summed E-state index contributed by atoms with van der Waals surface area (Å²) in [6.45, 7) is 8.96. The number of H-pyrrole nitrogens is 3. The third-order valence-electron chi connectivity index (χ3n) is 7.07. The first kappa shape index (κ1) is 23.0. The monoisotopic (exact) mass is 516 g/mol. The van der Waals surface area contributed by atoms with Crippen molar-refractivity contribution < 1.29 is 0 Å². The van der Waals surface area contributed by atoms with Crippen molar-refractivity contribution in [2.24, 2.45) is 10.4 Å². The smallest absolute Gasteiger partial charge is 0.0822 e. The molecule has 0 fully saturated rings. The van der Waals surface area contributed by atoms with E-state index in [0.29, 0.717) is 6.04 Å². The second-order valence-corrected chi connectivity index (χ2v) is 11.3. The van der Waals surface area contributed by atoms with Gasteiger partial charge in [-0.05, 0) is 83.6 Å². The minimum absolute atomic E-state index is 0.125. The summed E-state index contributed by atoms with van der Waals surface area (Å²) in [5.74, 6) is 0.125. The zero-order valence-electron chi connectivity index (χ0n) is 20.4. The number of aromatic amines is 3. The Hall–Kier alpha value is -2.79. The Bertz CT molecular complexity index is 1300. The SMILES string of the molecule is CC1=NC(Cc2ccc(C(c3ccc(C)cc3)c3ccc(Cc4ccc(Br)[nH]4)[nH]3)[nH]2)C(C)(C)C1. The van der Waals surface area contributed by atoms with E-state index in [0.717, 1.165) is 23.9 Å². The lowest BCUT2D eigenvalue weighted by atomic mass is 9.81. The summed E-state index contributed by atoms with van der Waals surface area (Å²) in [7, 11) is 0. The van der Waals surface area contributed by atoms with Gasteiger partial charge in [0.2, 0.25) is 0 Å². The number of rotatable bonds is 7. The number of aliphatic imine (C=N–C) groups is 1. The van der Waals surface area contributed by atoms with E-state index in [4.69, 9.17) is 4.99 Å². The minimum atomic E-state index is 0.125. The zero-order valence-corrected chi connectivity index (χ0v) is 22.0. The highest BCUT2D eigenvalue weighted by atomic mass is 79.9. The van der Waals surface area contributed by atoms with Crippen LogP contribution in [0.5, 0.6) is 0 Å². The van der Waals surface area contributed by atoms with Crippen LogP contribution in [0.15, 0.2) is 70.3 Å². The average molecular weight is 518 g/mol. The van der Waals surface area contributed by atoms with Gasteiger partial charge in [0.25, 0.3) is 0 Å². The first-order valence-electron chi connectivity index (χ1n) is 12.1. The Morgan fingerprint density at radius 3 is 2.09 bits per heavy atom. The highest BCUT2D eigenvalue weighted by Crippen LogP contribution is 2.37. The Morgan fingerprint density at radius 1 is 0.853 bits per heavy atom. The summed E-state index contributed by atoms with van der Waals surface area (Å²) in [6, 6.07) is 22.3. The quantitative estimate of drug-likeness (QED) is 0.230. The first-order chi connectivity index (χ1) is 16.3. The molecule has 176 valence electrons. The van der Waals surface area contributed by atoms with Crippen LogP contribution in [0.4, 0.5) is 0 Å². The van der Waals surface area contributed by atoms with Gasteiger partial charge in [0.15, 0.2) is 0 Å². The molecule has 1 aliphatic rings. The summed E-state index contributed by atoms with van der Waals surface area (Å²) in [5, 5.41) is 0. The number of aryl methyl sites for hydroxylation is 1. The molecule has 3 N–H and O–H groups in total. The molecule has 0 spiro atoms. The van der Waals surface area contributed by atoms with E-state index in [9.17, 15) is 0 Å². The number of nitrogens with one attached hydrogen (secondary N) is 3. The van der Waals surface area contributed by atoms with Gasteiger partial charge in [-0.25, -0.2) is 0 Å². The van der Waals surface area contributed by atoms with Crippen LogP contribution in [0.1, 0.15) is 72.7 Å². The van der Waals surface area contributed by atoms with E-state index >= 15 is 0 Å². The molecule has 0 radical (unpaired) electrons. The van der Waals surface area contributed by atoms with E-state index in [1.54, 1.807) is 0 Å². The first-order valence-corrected chi connectivity index (χ1v) is 12.8. The van der Waals surface area contributed by atoms with Crippen LogP contribution in [0.3, 0.4) is 0 Å². The van der Waals surface area contributed by atoms with Gasteiger partial charge in [-0.15, -0.1) is 0 Å². The van der Waals surface area contributed by atoms with E-state index in [-0.39, 0.29) is 11.3 Å². The van der Waals surface area contributed by atoms with E-state index in [1.807, 2.05) is 6.07 Å². The van der Waals surface area contributed by atoms with Crippen LogP contribution in [0, 0.1) is 12.3 Å². The van der Waals surface area contributed by atoms with Crippen LogP contribution < -0.4 is 0 Å². The fraction of sp³-hybridized carbons (Fsp3) is 0.345. The van der Waals surface area contributed by atoms with Crippen LogP contribution in [-0.2, 0) is 12.8 Å². The molecule has 1 aliphatic heterocycles. The van der Waals surface area contributed by atoms with Crippen molar-refractivity contribution in [1.29, 1.82) is 0 Å². The Morgan fingerprint density at radius 2 is 1.47 bits per heavy atom. The molecule has 2 atom stereocenters. The van der Waals surface area contributed by atoms with Crippen LogP contribution in [-0.4, -0.2) is 26.7 Å². The van der Waals surface area contributed by atoms with Gasteiger partial charge in [0, 0.05) is 47.0 Å². The summed E-state index contributed by atoms with van der Waals surface area (Å²) in [4.78, 5) is 15.8. The Kier molecular flexibility index (Phi) is 6.15. The molecule has 0 saturated carbocycles. The van der Waals surface area contributed by atoms with Crippen LogP contribution in [0.25, 0.3) is 0 Å². The van der Waals surface area contributed by atoms with E-state index in [2.05, 4.69) is 113 Å². The molecular weight excluding hydrogens is 484 g/mol. The highest BCUT2D eigenvalue weighted by molar-refractivity contribution is 9.10. The number of benzene rings is 1. The maximum absolute atomic E-state index is 4.95. The standard InChI is InChI=1S/C29H33BrN4/c1-18-5-7-20(8-6-18)28(24-12-9-21(32-24)15-22-11-14-27(30)34-22)25-13-10-23(33-25)16-26-29(3,4)17-19(2)31-26/h5-14,26,28,32-34H,15-17H2,1-4H3. The molecule has 0 bridgehead atoms. The molecule has 0 amide bonds.